The fourth-order valence-corrected chi connectivity index (χ4v) is 4.28. The summed E-state index contributed by atoms with van der Waals surface area (Å²) in [5, 5.41) is 43.9. The monoisotopic (exact) mass is 460 g/mol. The molecule has 2 aliphatic rings. The van der Waals surface area contributed by atoms with Gasteiger partial charge in [-0.1, -0.05) is 31.0 Å². The molecule has 12 nitrogen and oxygen atoms in total. The maximum Gasteiger partial charge on any atom is 0.324 e. The van der Waals surface area contributed by atoms with Crippen LogP contribution in [0.3, 0.4) is 0 Å². The summed E-state index contributed by atoms with van der Waals surface area (Å²) in [6.45, 7) is 1.11. The molecule has 33 heavy (non-hydrogen) atoms. The van der Waals surface area contributed by atoms with E-state index in [0.29, 0.717) is 24.3 Å². The van der Waals surface area contributed by atoms with E-state index in [2.05, 4.69) is 29.6 Å². The molecule has 176 valence electrons. The molecule has 1 saturated carbocycles. The van der Waals surface area contributed by atoms with E-state index in [1.807, 2.05) is 6.07 Å². The molecule has 1 saturated heterocycles. The highest BCUT2D eigenvalue weighted by Gasteiger charge is 2.36. The minimum Gasteiger partial charge on any atom is -0.497 e. The van der Waals surface area contributed by atoms with Crippen LogP contribution in [0.4, 0.5) is 17.1 Å². The van der Waals surface area contributed by atoms with Crippen molar-refractivity contribution >= 4 is 17.1 Å². The van der Waals surface area contributed by atoms with Gasteiger partial charge >= 0.3 is 11.4 Å². The Balaban J connectivity index is 0.000000186. The van der Waals surface area contributed by atoms with Crippen molar-refractivity contribution < 1.29 is 24.6 Å². The van der Waals surface area contributed by atoms with Crippen LogP contribution in [0.15, 0.2) is 42.5 Å². The first-order chi connectivity index (χ1) is 15.8. The lowest BCUT2D eigenvalue weighted by Gasteiger charge is -2.41. The number of piperidine rings is 1. The Hall–Kier alpha value is -3.80. The molecule has 0 spiro atoms. The van der Waals surface area contributed by atoms with Gasteiger partial charge in [-0.2, -0.15) is 0 Å². The van der Waals surface area contributed by atoms with Crippen LogP contribution in [0.1, 0.15) is 32.1 Å². The molecule has 2 aromatic rings. The Morgan fingerprint density at radius 3 is 2.06 bits per heavy atom. The van der Waals surface area contributed by atoms with Crippen LogP contribution in [0.25, 0.3) is 0 Å². The number of rotatable bonds is 5. The molecule has 0 amide bonds. The van der Waals surface area contributed by atoms with Crippen molar-refractivity contribution in [2.75, 3.05) is 6.54 Å². The highest BCUT2D eigenvalue weighted by atomic mass is 16.6. The molecular formula is C21H24N4O8. The van der Waals surface area contributed by atoms with E-state index < -0.39 is 37.6 Å². The Morgan fingerprint density at radius 2 is 1.48 bits per heavy atom. The van der Waals surface area contributed by atoms with Gasteiger partial charge in [-0.15, -0.1) is 0 Å². The van der Waals surface area contributed by atoms with Gasteiger partial charge in [0.05, 0.1) is 26.9 Å². The molecule has 2 aromatic carbocycles. The van der Waals surface area contributed by atoms with Crippen molar-refractivity contribution in [2.24, 2.45) is 5.92 Å². The van der Waals surface area contributed by atoms with Crippen LogP contribution in [-0.4, -0.2) is 38.6 Å². The third-order valence-corrected chi connectivity index (χ3v) is 5.82. The maximum atomic E-state index is 10.4. The number of nitro benzene ring substituents is 3. The minimum atomic E-state index is -1.21. The van der Waals surface area contributed by atoms with E-state index in [-0.39, 0.29) is 0 Å². The quantitative estimate of drug-likeness (QED) is 0.492. The van der Waals surface area contributed by atoms with Crippen molar-refractivity contribution in [1.29, 1.82) is 0 Å². The molecule has 0 bridgehead atoms. The van der Waals surface area contributed by atoms with Crippen LogP contribution in [0.2, 0.25) is 0 Å². The smallest absolute Gasteiger partial charge is 0.324 e. The zero-order valence-electron chi connectivity index (χ0n) is 17.7. The van der Waals surface area contributed by atoms with E-state index in [1.54, 1.807) is 0 Å². The van der Waals surface area contributed by atoms with Crippen molar-refractivity contribution in [3.8, 4) is 11.5 Å². The van der Waals surface area contributed by atoms with Gasteiger partial charge in [0.15, 0.2) is 0 Å². The maximum absolute atomic E-state index is 10.4. The van der Waals surface area contributed by atoms with E-state index in [1.165, 1.54) is 25.7 Å². The van der Waals surface area contributed by atoms with Gasteiger partial charge in [-0.05, 0) is 37.9 Å². The number of non-ortho nitro benzene ring substituents is 1. The van der Waals surface area contributed by atoms with Gasteiger partial charge in [0.2, 0.25) is 0 Å². The van der Waals surface area contributed by atoms with Crippen molar-refractivity contribution in [3.05, 3.63) is 72.8 Å². The Kier molecular flexibility index (Phi) is 7.72. The van der Waals surface area contributed by atoms with E-state index >= 15 is 0 Å². The number of para-hydroxylation sites is 1. The molecule has 0 radical (unpaired) electrons. The number of nitro groups is 3. The van der Waals surface area contributed by atoms with Gasteiger partial charge in [-0.3, -0.25) is 30.3 Å². The summed E-state index contributed by atoms with van der Waals surface area (Å²) in [5.74, 6) is 0.544. The van der Waals surface area contributed by atoms with Gasteiger partial charge in [0, 0.05) is 12.0 Å². The van der Waals surface area contributed by atoms with E-state index in [9.17, 15) is 30.3 Å². The molecule has 2 fully saturated rings. The minimum absolute atomic E-state index is 0.420. The second-order valence-electron chi connectivity index (χ2n) is 7.87. The largest absolute Gasteiger partial charge is 0.497 e. The third kappa shape index (κ3) is 5.92. The zero-order valence-corrected chi connectivity index (χ0v) is 17.7. The summed E-state index contributed by atoms with van der Waals surface area (Å²) >= 11 is 0. The summed E-state index contributed by atoms with van der Waals surface area (Å²) < 4.78 is 6.18. The van der Waals surface area contributed by atoms with Crippen molar-refractivity contribution in [2.45, 2.75) is 44.2 Å². The van der Waals surface area contributed by atoms with Gasteiger partial charge in [0.25, 0.3) is 11.4 Å². The zero-order chi connectivity index (χ0) is 24.0. The summed E-state index contributed by atoms with van der Waals surface area (Å²) in [6, 6.07) is 11.9. The number of fused-ring (bicyclic) bond motifs is 1. The second kappa shape index (κ2) is 10.7. The number of aromatic hydroxyl groups is 1. The average molecular weight is 460 g/mol. The van der Waals surface area contributed by atoms with Crippen LogP contribution in [0.5, 0.6) is 11.5 Å². The number of hydrogen-bond acceptors (Lipinski definition) is 9. The Bertz CT molecular complexity index is 980. The SMILES string of the molecule is O=[N+]([O-])c1cc([N+](=O)[O-])c(O)c([N+](=O)[O-])c1.c1ccc(OC2CCNC3CCCCC32)cc1. The molecule has 0 aromatic heterocycles. The molecule has 3 unspecified atom stereocenters. The van der Waals surface area contributed by atoms with Crippen LogP contribution in [-0.2, 0) is 0 Å². The molecule has 2 N–H and O–H groups in total. The molecule has 4 rings (SSSR count). The van der Waals surface area contributed by atoms with E-state index in [0.717, 1.165) is 24.6 Å². The molecule has 1 aliphatic carbocycles. The first-order valence-corrected chi connectivity index (χ1v) is 10.5. The predicted molar refractivity (Wildman–Crippen MR) is 117 cm³/mol. The van der Waals surface area contributed by atoms with E-state index in [4.69, 9.17) is 9.84 Å². The highest BCUT2D eigenvalue weighted by molar-refractivity contribution is 5.64. The Morgan fingerprint density at radius 1 is 0.879 bits per heavy atom. The molecule has 3 atom stereocenters. The van der Waals surface area contributed by atoms with Crippen LogP contribution >= 0.6 is 0 Å². The summed E-state index contributed by atoms with van der Waals surface area (Å²) in [4.78, 5) is 27.8. The van der Waals surface area contributed by atoms with Gasteiger partial charge in [-0.25, -0.2) is 0 Å². The number of nitrogens with zero attached hydrogens (tertiary/aromatic N) is 3. The highest BCUT2D eigenvalue weighted by Crippen LogP contribution is 2.39. The average Bonchev–Trinajstić information content (AvgIpc) is 2.80. The van der Waals surface area contributed by atoms with Crippen LogP contribution < -0.4 is 10.1 Å². The van der Waals surface area contributed by atoms with Crippen molar-refractivity contribution in [1.82, 2.24) is 5.32 Å². The summed E-state index contributed by atoms with van der Waals surface area (Å²) in [7, 11) is 0. The first-order valence-electron chi connectivity index (χ1n) is 10.5. The van der Waals surface area contributed by atoms with Gasteiger partial charge < -0.3 is 15.2 Å². The number of phenols is 1. The second-order valence-corrected chi connectivity index (χ2v) is 7.87. The lowest BCUT2D eigenvalue weighted by Crippen LogP contribution is -2.51. The third-order valence-electron chi connectivity index (χ3n) is 5.82. The predicted octanol–water partition coefficient (Wildman–Crippen LogP) is 4.10. The number of phenolic OH excluding ortho intramolecular Hbond substituents is 1. The standard InChI is InChI=1S/C15H21NO.C6H3N3O7/c1-2-6-12(7-3-1)17-15-10-11-16-14-9-5-4-8-13(14)15;10-6-4(8(13)14)1-3(7(11)12)2-5(6)9(15)16/h1-3,6-7,13-16H,4-5,8-11H2;1-2,10H. The molecule has 1 aliphatic heterocycles. The molecular weight excluding hydrogens is 436 g/mol. The summed E-state index contributed by atoms with van der Waals surface area (Å²) in [6.07, 6.45) is 6.98. The Labute approximate surface area is 188 Å². The first kappa shape index (κ1) is 23.9. The normalized spacial score (nSPS) is 21.6. The molecule has 1 heterocycles. The fourth-order valence-electron chi connectivity index (χ4n) is 4.28. The van der Waals surface area contributed by atoms with Crippen LogP contribution in [0, 0.1) is 36.3 Å². The topological polar surface area (TPSA) is 171 Å². The number of hydrogen-bond donors (Lipinski definition) is 2. The van der Waals surface area contributed by atoms with Crippen molar-refractivity contribution in [3.63, 3.8) is 0 Å². The number of benzene rings is 2. The van der Waals surface area contributed by atoms with Gasteiger partial charge in [0.1, 0.15) is 11.9 Å². The summed E-state index contributed by atoms with van der Waals surface area (Å²) in [5.41, 5.74) is -3.00. The lowest BCUT2D eigenvalue weighted by molar-refractivity contribution is -0.404. The number of nitrogens with one attached hydrogen (secondary N) is 1. The lowest BCUT2D eigenvalue weighted by atomic mass is 9.77. The molecule has 12 heteroatoms. The fraction of sp³-hybridized carbons (Fsp3) is 0.429. The number of ether oxygens (including phenoxy) is 1.